The van der Waals surface area contributed by atoms with E-state index < -0.39 is 46.3 Å². The molecule has 7 nitrogen and oxygen atoms in total. The maximum Gasteiger partial charge on any atom is 0.341 e. The first kappa shape index (κ1) is 15.5. The minimum atomic E-state index is -1.21. The van der Waals surface area contributed by atoms with Crippen molar-refractivity contribution in [2.24, 2.45) is 17.3 Å². The van der Waals surface area contributed by atoms with Crippen LogP contribution >= 0.6 is 15.9 Å². The van der Waals surface area contributed by atoms with Gasteiger partial charge in [-0.2, -0.15) is 0 Å². The van der Waals surface area contributed by atoms with Crippen molar-refractivity contribution in [3.8, 4) is 0 Å². The van der Waals surface area contributed by atoms with Gasteiger partial charge in [0.15, 0.2) is 0 Å². The largest absolute Gasteiger partial charge is 0.467 e. The predicted molar refractivity (Wildman–Crippen MR) is 81.2 cm³/mol. The second-order valence-corrected chi connectivity index (χ2v) is 8.59. The summed E-state index contributed by atoms with van der Waals surface area (Å²) in [6, 6.07) is 0. The van der Waals surface area contributed by atoms with E-state index in [2.05, 4.69) is 15.9 Å². The maximum absolute atomic E-state index is 12.6. The number of rotatable bonds is 2. The molecule has 0 amide bonds. The summed E-state index contributed by atoms with van der Waals surface area (Å²) in [5.74, 6) is -1.82. The number of halogens is 1. The van der Waals surface area contributed by atoms with Gasteiger partial charge in [-0.25, -0.2) is 4.79 Å². The summed E-state index contributed by atoms with van der Waals surface area (Å²) in [7, 11) is 1.31. The number of aliphatic hydroxyl groups excluding tert-OH is 1. The number of hydrogen-bond donors (Lipinski definition) is 1. The van der Waals surface area contributed by atoms with Crippen LogP contribution in [0.2, 0.25) is 0 Å². The van der Waals surface area contributed by atoms with Crippen LogP contribution in [0, 0.1) is 17.3 Å². The standard InChI is InChI=1S/C16H19BrO7/c1-13(5-17)7-8-11(19)22-10(9(7)18)14(2)15(8,24-13)4-6-16(14,23-6)12(20)21-3/h6-10,18H,4-5H2,1-3H3/t6-,7+,8-,9-,10-,13-,14-,15-,16+/m1/s1. The van der Waals surface area contributed by atoms with Crippen LogP contribution in [0.25, 0.3) is 0 Å². The van der Waals surface area contributed by atoms with Gasteiger partial charge < -0.3 is 24.1 Å². The highest BCUT2D eigenvalue weighted by molar-refractivity contribution is 9.09. The number of alkyl halides is 1. The van der Waals surface area contributed by atoms with Gasteiger partial charge in [-0.05, 0) is 13.8 Å². The Morgan fingerprint density at radius 3 is 2.79 bits per heavy atom. The normalized spacial score (nSPS) is 62.0. The summed E-state index contributed by atoms with van der Waals surface area (Å²) in [4.78, 5) is 25.2. The lowest BCUT2D eigenvalue weighted by Gasteiger charge is -2.59. The van der Waals surface area contributed by atoms with Crippen molar-refractivity contribution in [3.05, 3.63) is 0 Å². The Morgan fingerprint density at radius 2 is 2.17 bits per heavy atom. The van der Waals surface area contributed by atoms with Gasteiger partial charge in [0.25, 0.3) is 0 Å². The third-order valence-electron chi connectivity index (χ3n) is 7.34. The molecule has 0 aromatic heterocycles. The molecule has 4 aliphatic heterocycles. The van der Waals surface area contributed by atoms with Gasteiger partial charge in [0, 0.05) is 17.7 Å². The Balaban J connectivity index is 1.76. The van der Waals surface area contributed by atoms with Gasteiger partial charge in [-0.3, -0.25) is 4.79 Å². The quantitative estimate of drug-likeness (QED) is 0.399. The molecule has 9 atom stereocenters. The average Bonchev–Trinajstić information content (AvgIpc) is 3.14. The fourth-order valence-electron chi connectivity index (χ4n) is 6.35. The maximum atomic E-state index is 12.6. The highest BCUT2D eigenvalue weighted by Crippen LogP contribution is 2.79. The van der Waals surface area contributed by atoms with E-state index in [9.17, 15) is 14.7 Å². The summed E-state index contributed by atoms with van der Waals surface area (Å²) in [6.45, 7) is 3.73. The van der Waals surface area contributed by atoms with Gasteiger partial charge in [-0.15, -0.1) is 0 Å². The van der Waals surface area contributed by atoms with Gasteiger partial charge in [-0.1, -0.05) is 15.9 Å². The molecule has 1 N–H and O–H groups in total. The minimum absolute atomic E-state index is 0.348. The SMILES string of the molecule is COC(=O)[C@@]12O[C@@H]1C[C@@]13O[C@](C)(CBr)[C@@H]4[C@@H](O)[C@@H](OC(=O)[C@@H]41)[C@@]23C. The zero-order valence-corrected chi connectivity index (χ0v) is 15.2. The zero-order chi connectivity index (χ0) is 17.3. The van der Waals surface area contributed by atoms with E-state index in [1.165, 1.54) is 7.11 Å². The number of epoxide rings is 1. The number of methoxy groups -OCH3 is 1. The Bertz CT molecular complexity index is 683. The van der Waals surface area contributed by atoms with Crippen LogP contribution in [0.5, 0.6) is 0 Å². The fraction of sp³-hybridized carbons (Fsp3) is 0.875. The van der Waals surface area contributed by atoms with Gasteiger partial charge in [0.1, 0.15) is 12.2 Å². The van der Waals surface area contributed by atoms with E-state index in [1.807, 2.05) is 13.8 Å². The first-order valence-corrected chi connectivity index (χ1v) is 9.26. The van der Waals surface area contributed by atoms with Crippen molar-refractivity contribution in [2.45, 2.75) is 55.4 Å². The summed E-state index contributed by atoms with van der Waals surface area (Å²) in [5, 5.41) is 11.5. The summed E-state index contributed by atoms with van der Waals surface area (Å²) < 4.78 is 22.9. The second-order valence-electron chi connectivity index (χ2n) is 8.03. The van der Waals surface area contributed by atoms with Crippen LogP contribution in [0.3, 0.4) is 0 Å². The van der Waals surface area contributed by atoms with E-state index in [1.54, 1.807) is 0 Å². The van der Waals surface area contributed by atoms with Crippen LogP contribution in [-0.2, 0) is 28.5 Å². The van der Waals surface area contributed by atoms with Crippen LogP contribution in [-0.4, -0.2) is 64.6 Å². The van der Waals surface area contributed by atoms with Crippen LogP contribution < -0.4 is 0 Å². The van der Waals surface area contributed by atoms with Crippen LogP contribution in [0.1, 0.15) is 20.3 Å². The van der Waals surface area contributed by atoms with Crippen molar-refractivity contribution in [1.82, 2.24) is 0 Å². The van der Waals surface area contributed by atoms with Gasteiger partial charge in [0.2, 0.25) is 5.60 Å². The van der Waals surface area contributed by atoms with Gasteiger partial charge >= 0.3 is 11.9 Å². The molecule has 6 fully saturated rings. The molecule has 132 valence electrons. The molecule has 1 spiro atoms. The third kappa shape index (κ3) is 1.18. The van der Waals surface area contributed by atoms with Gasteiger partial charge in [0.05, 0.1) is 35.7 Å². The fourth-order valence-corrected chi connectivity index (χ4v) is 6.83. The topological polar surface area (TPSA) is 94.6 Å². The molecule has 6 rings (SSSR count). The molecule has 0 aromatic rings. The number of esters is 2. The minimum Gasteiger partial charge on any atom is -0.467 e. The Labute approximate surface area is 147 Å². The molecule has 2 aliphatic carbocycles. The molecular formula is C16H19BrO7. The lowest BCUT2D eigenvalue weighted by Crippen LogP contribution is -2.75. The number of aliphatic hydroxyl groups is 1. The molecule has 0 unspecified atom stereocenters. The molecule has 2 saturated carbocycles. The molecular weight excluding hydrogens is 384 g/mol. The molecule has 0 aromatic carbocycles. The van der Waals surface area contributed by atoms with Crippen molar-refractivity contribution < 1.29 is 33.6 Å². The monoisotopic (exact) mass is 402 g/mol. The van der Waals surface area contributed by atoms with E-state index in [0.717, 1.165) is 0 Å². The molecule has 4 saturated heterocycles. The molecule has 0 radical (unpaired) electrons. The summed E-state index contributed by atoms with van der Waals surface area (Å²) in [6.07, 6.45) is -1.72. The molecule has 8 heteroatoms. The number of hydrogen-bond acceptors (Lipinski definition) is 7. The van der Waals surface area contributed by atoms with Crippen LogP contribution in [0.4, 0.5) is 0 Å². The van der Waals surface area contributed by atoms with Crippen molar-refractivity contribution in [1.29, 1.82) is 0 Å². The highest BCUT2D eigenvalue weighted by atomic mass is 79.9. The Kier molecular flexibility index (Phi) is 2.59. The number of fused-ring (bicyclic) bond motifs is 2. The van der Waals surface area contributed by atoms with E-state index in [-0.39, 0.29) is 18.0 Å². The Hall–Kier alpha value is -0.700. The van der Waals surface area contributed by atoms with E-state index >= 15 is 0 Å². The average molecular weight is 403 g/mol. The molecule has 4 heterocycles. The predicted octanol–water partition coefficient (Wildman–Crippen LogP) is 0.162. The summed E-state index contributed by atoms with van der Waals surface area (Å²) >= 11 is 3.47. The number of ether oxygens (including phenoxy) is 4. The number of carbonyl (C=O) groups excluding carboxylic acids is 2. The first-order chi connectivity index (χ1) is 11.2. The van der Waals surface area contributed by atoms with Crippen molar-refractivity contribution in [3.63, 3.8) is 0 Å². The summed E-state index contributed by atoms with van der Waals surface area (Å²) in [5.41, 5.74) is -3.79. The highest BCUT2D eigenvalue weighted by Gasteiger charge is 2.96. The smallest absolute Gasteiger partial charge is 0.341 e. The third-order valence-corrected chi connectivity index (χ3v) is 8.46. The zero-order valence-electron chi connectivity index (χ0n) is 13.6. The first-order valence-electron chi connectivity index (χ1n) is 8.14. The molecule has 6 aliphatic rings. The molecule has 4 bridgehead atoms. The van der Waals surface area contributed by atoms with E-state index in [0.29, 0.717) is 11.8 Å². The second kappa shape index (κ2) is 4.00. The van der Waals surface area contributed by atoms with E-state index in [4.69, 9.17) is 18.9 Å². The van der Waals surface area contributed by atoms with Crippen molar-refractivity contribution >= 4 is 27.9 Å². The lowest BCUT2D eigenvalue weighted by molar-refractivity contribution is -0.276. The van der Waals surface area contributed by atoms with Crippen LogP contribution in [0.15, 0.2) is 0 Å². The molecule has 24 heavy (non-hydrogen) atoms. The Morgan fingerprint density at radius 1 is 1.46 bits per heavy atom. The lowest BCUT2D eigenvalue weighted by atomic mass is 9.50. The van der Waals surface area contributed by atoms with Crippen molar-refractivity contribution in [2.75, 3.05) is 12.4 Å². The number of carbonyl (C=O) groups is 2.